The van der Waals surface area contributed by atoms with E-state index in [4.69, 9.17) is 48.5 Å². The van der Waals surface area contributed by atoms with E-state index in [-0.39, 0.29) is 47.4 Å². The van der Waals surface area contributed by atoms with Crippen LogP contribution in [0.25, 0.3) is 22.3 Å². The van der Waals surface area contributed by atoms with Crippen molar-refractivity contribution in [1.82, 2.24) is 29.5 Å². The molecule has 12 N–H and O–H groups in total. The molecule has 2 saturated heterocycles. The largest absolute Gasteiger partial charge is 0.472 e. The number of anilines is 2. The minimum absolute atomic E-state index is 0.0537. The molecule has 4 unspecified atom stereocenters. The van der Waals surface area contributed by atoms with Crippen LogP contribution in [0, 0.1) is 0 Å². The summed E-state index contributed by atoms with van der Waals surface area (Å²) in [7, 11) is -6.57. The number of aromatic nitrogens is 8. The van der Waals surface area contributed by atoms with Gasteiger partial charge < -0.3 is 55.5 Å². The molecule has 0 amide bonds. The van der Waals surface area contributed by atoms with Crippen LogP contribution in [0.4, 0.5) is 11.9 Å². The predicted molar refractivity (Wildman–Crippen MR) is 178 cm³/mol. The first-order valence-corrected chi connectivity index (χ1v) is 19.2. The average molecular weight is 827 g/mol. The van der Waals surface area contributed by atoms with Crippen molar-refractivity contribution in [2.24, 2.45) is 7.05 Å². The maximum atomic E-state index is 12.5. The molecule has 0 aliphatic carbocycles. The number of phosphoric ester groups is 2. The third kappa shape index (κ3) is 8.80. The molecule has 2 aliphatic heterocycles. The number of hydrogen-bond acceptors (Lipinski definition) is 19. The van der Waals surface area contributed by atoms with Gasteiger partial charge in [-0.25, -0.2) is 18.3 Å². The fourth-order valence-electron chi connectivity index (χ4n) is 6.01. The first-order valence-electron chi connectivity index (χ1n) is 16.2. The molecule has 4 aromatic heterocycles. The van der Waals surface area contributed by atoms with E-state index >= 15 is 0 Å². The number of methoxy groups -OCH3 is 1. The number of H-pyrrole nitrogens is 3. The second-order valence-electron chi connectivity index (χ2n) is 12.2. The van der Waals surface area contributed by atoms with Crippen molar-refractivity contribution in [3.8, 4) is 0 Å². The van der Waals surface area contributed by atoms with Gasteiger partial charge in [0.2, 0.25) is 23.5 Å². The van der Waals surface area contributed by atoms with Gasteiger partial charge in [-0.1, -0.05) is 9.97 Å². The van der Waals surface area contributed by atoms with E-state index in [0.29, 0.717) is 0 Å². The number of fused-ring (bicyclic) bond motifs is 2. The van der Waals surface area contributed by atoms with E-state index < -0.39 is 102 Å². The number of hydrogen-bond donors (Lipinski definition) is 10. The number of nitrogens with two attached hydrogens (primary N) is 2. The molecule has 29 heteroatoms. The lowest BCUT2D eigenvalue weighted by Gasteiger charge is -2.18. The highest BCUT2D eigenvalue weighted by atomic mass is 31.2. The second kappa shape index (κ2) is 16.4. The van der Waals surface area contributed by atoms with Crippen molar-refractivity contribution in [2.45, 2.75) is 49.1 Å². The predicted octanol–water partition coefficient (Wildman–Crippen LogP) is -4.56. The number of aliphatic hydroxyl groups is 3. The maximum Gasteiger partial charge on any atom is 0.472 e. The summed E-state index contributed by atoms with van der Waals surface area (Å²) < 4.78 is 70.6. The number of imidazole rings is 2. The number of nitrogens with one attached hydrogen (secondary N) is 3. The summed E-state index contributed by atoms with van der Waals surface area (Å²) in [4.78, 5) is 60.3. The van der Waals surface area contributed by atoms with Gasteiger partial charge in [-0.2, -0.15) is 0 Å². The van der Waals surface area contributed by atoms with Gasteiger partial charge in [-0.3, -0.25) is 47.2 Å². The minimum Gasteiger partial charge on any atom is -0.387 e. The third-order valence-electron chi connectivity index (χ3n) is 8.54. The van der Waals surface area contributed by atoms with Crippen molar-refractivity contribution in [1.29, 1.82) is 0 Å². The lowest BCUT2D eigenvalue weighted by atomic mass is 10.1. The molecule has 0 aromatic carbocycles. The number of aromatic amines is 3. The zero-order chi connectivity index (χ0) is 39.8. The highest BCUT2D eigenvalue weighted by Crippen LogP contribution is 2.45. The number of nitrogen functional groups attached to an aromatic ring is 2. The molecule has 2 fully saturated rings. The topological polar surface area (TPSA) is 381 Å². The Labute approximate surface area is 307 Å². The number of phosphoric acid groups is 2. The van der Waals surface area contributed by atoms with Crippen LogP contribution in [0.5, 0.6) is 0 Å². The van der Waals surface area contributed by atoms with E-state index in [1.807, 2.05) is 0 Å². The van der Waals surface area contributed by atoms with Crippen LogP contribution in [0.3, 0.4) is 0 Å². The summed E-state index contributed by atoms with van der Waals surface area (Å²) in [5, 5.41) is 31.9. The van der Waals surface area contributed by atoms with Gasteiger partial charge in [-0.15, -0.1) is 0 Å². The van der Waals surface area contributed by atoms with Crippen molar-refractivity contribution in [3.63, 3.8) is 0 Å². The molecule has 10 atom stereocenters. The Morgan fingerprint density at radius 3 is 2.00 bits per heavy atom. The molecule has 4 aromatic rings. The number of nitrogens with zero attached hydrogens (tertiary/aromatic N) is 5. The maximum absolute atomic E-state index is 12.5. The van der Waals surface area contributed by atoms with E-state index in [9.17, 15) is 43.8 Å². The third-order valence-corrected chi connectivity index (χ3v) is 10.5. The number of ether oxygens (including phenoxy) is 4. The Kier molecular flexibility index (Phi) is 12.2. The van der Waals surface area contributed by atoms with Gasteiger partial charge >= 0.3 is 26.9 Å². The molecule has 27 nitrogen and oxygen atoms in total. The molecule has 0 saturated carbocycles. The molecule has 2 aliphatic rings. The smallest absolute Gasteiger partial charge is 0.387 e. The van der Waals surface area contributed by atoms with Gasteiger partial charge in [0.05, 0.1) is 46.7 Å². The summed E-state index contributed by atoms with van der Waals surface area (Å²) in [5.41, 5.74) is 10.6. The Morgan fingerprint density at radius 1 is 0.818 bits per heavy atom. The lowest BCUT2D eigenvalue weighted by molar-refractivity contribution is -0.746. The van der Waals surface area contributed by atoms with Crippen LogP contribution < -0.4 is 31.7 Å². The van der Waals surface area contributed by atoms with Crippen molar-refractivity contribution in [2.75, 3.05) is 58.2 Å². The summed E-state index contributed by atoms with van der Waals surface area (Å²) in [6.45, 7) is -2.80. The number of aliphatic hydroxyl groups excluding tert-OH is 3. The first-order chi connectivity index (χ1) is 26.0. The molecule has 0 bridgehead atoms. The summed E-state index contributed by atoms with van der Waals surface area (Å²) in [6.07, 6.45) is -7.52. The zero-order valence-electron chi connectivity index (χ0n) is 28.9. The standard InChI is InChI=1S/C26H38N10O17P2/c1-34-10-36(20-14(34)22(41)33-26(28)31-20)23-17(39)15(37)11(52-23)7-50-54(42,43)48-5-3-47-4-6-49-55(44,45)51-8-12-16(38)18(46-2)24(53-12)35-9-29-13-19(35)30-25(27)32-21(13)40/h9-12,15-18,23-24,37-39H,3-8H2,1-2H3,(H7-,27,28,30,31,32,33,40,41,42,43,44,45)/p+2/t11-,12?,15-,16-,17-,18-,23?,24-/m1/s1. The molecular weight excluding hydrogens is 786 g/mol. The molecule has 6 rings (SSSR count). The molecule has 6 heterocycles. The van der Waals surface area contributed by atoms with Crippen LogP contribution in [-0.2, 0) is 53.2 Å². The van der Waals surface area contributed by atoms with Crippen LogP contribution in [0.15, 0.2) is 22.2 Å². The summed E-state index contributed by atoms with van der Waals surface area (Å²) in [5.74, 6) is -0.358. The van der Waals surface area contributed by atoms with Crippen molar-refractivity contribution < 1.29 is 80.4 Å². The molecule has 304 valence electrons. The summed E-state index contributed by atoms with van der Waals surface area (Å²) >= 11 is 0. The fourth-order valence-corrected chi connectivity index (χ4v) is 7.44. The number of aryl methyl sites for hydroxylation is 1. The van der Waals surface area contributed by atoms with Crippen LogP contribution in [0.2, 0.25) is 0 Å². The molecule has 0 spiro atoms. The van der Waals surface area contributed by atoms with Gasteiger partial charge in [0.1, 0.15) is 36.6 Å². The average Bonchev–Trinajstić information content (AvgIpc) is 3.84. The fraction of sp³-hybridized carbons (Fsp3) is 0.615. The van der Waals surface area contributed by atoms with E-state index in [0.717, 1.165) is 0 Å². The van der Waals surface area contributed by atoms with E-state index in [1.165, 1.54) is 33.5 Å². The van der Waals surface area contributed by atoms with Gasteiger partial charge in [0.25, 0.3) is 23.0 Å². The van der Waals surface area contributed by atoms with E-state index in [1.54, 1.807) is 7.05 Å². The molecule has 55 heavy (non-hydrogen) atoms. The number of rotatable bonds is 17. The van der Waals surface area contributed by atoms with Crippen molar-refractivity contribution >= 4 is 49.9 Å². The monoisotopic (exact) mass is 826 g/mol. The second-order valence-corrected chi connectivity index (χ2v) is 15.1. The Morgan fingerprint density at radius 2 is 1.38 bits per heavy atom. The van der Waals surface area contributed by atoms with Gasteiger partial charge in [0.15, 0.2) is 12.7 Å². The van der Waals surface area contributed by atoms with E-state index in [2.05, 4.69) is 24.9 Å². The highest BCUT2D eigenvalue weighted by molar-refractivity contribution is 7.47. The molecule has 0 radical (unpaired) electrons. The van der Waals surface area contributed by atoms with Gasteiger partial charge in [0, 0.05) is 7.11 Å². The SMILES string of the molecule is CO[C@@H]1[C@H](O)C(COP(=O)(O)OCCOCCOP(=O)(O)OC[C@H]2OC([n+]3cn(C)c4c(=O)[nH]c(N)nc43)[C@H](O)[C@@H]2O)O[C@H]1[n+]1c[nH]c2c(=O)[nH]c(N)nc21. The van der Waals surface area contributed by atoms with Crippen LogP contribution in [0.1, 0.15) is 12.5 Å². The highest BCUT2D eigenvalue weighted by Gasteiger charge is 2.49. The normalized spacial score (nSPS) is 27.9. The summed E-state index contributed by atoms with van der Waals surface area (Å²) in [6, 6.07) is 0. The van der Waals surface area contributed by atoms with Crippen LogP contribution in [-0.4, -0.2) is 138 Å². The molecular formula is C26H40N10O17P2+2. The quantitative estimate of drug-likeness (QED) is 0.0272. The Bertz CT molecular complexity index is 2210. The first kappa shape index (κ1) is 40.9. The Balaban J connectivity index is 0.899. The van der Waals surface area contributed by atoms with Crippen molar-refractivity contribution in [3.05, 3.63) is 33.4 Å². The Hall–Kier alpha value is -3.76. The minimum atomic E-state index is -4.72. The van der Waals surface area contributed by atoms with Gasteiger partial charge in [-0.05, 0) is 0 Å². The van der Waals surface area contributed by atoms with Crippen LogP contribution >= 0.6 is 15.6 Å². The lowest BCUT2D eigenvalue weighted by Crippen LogP contribution is -2.46. The zero-order valence-corrected chi connectivity index (χ0v) is 30.7.